The number of benzene rings is 2. The average molecular weight is 341 g/mol. The van der Waals surface area contributed by atoms with E-state index >= 15 is 0 Å². The molecule has 128 valence electrons. The second kappa shape index (κ2) is 6.52. The van der Waals surface area contributed by atoms with Gasteiger partial charge in [0.15, 0.2) is 5.58 Å². The first kappa shape index (κ1) is 16.3. The number of phenols is 1. The standard InChI is InChI=1S/C17H15N3O5/c1-10(20-12-7-3-5-9-14(12)25-17(20)24)15(22)18-19-16(23)11-6-2-4-8-13(11)21/h2-10,21H,1H3,(H,18,22)(H,19,23). The third kappa shape index (κ3) is 3.09. The fraction of sp³-hybridized carbons (Fsp3) is 0.118. The molecule has 0 saturated carbocycles. The van der Waals surface area contributed by atoms with Gasteiger partial charge in [-0.3, -0.25) is 25.0 Å². The summed E-state index contributed by atoms with van der Waals surface area (Å²) in [5, 5.41) is 9.63. The summed E-state index contributed by atoms with van der Waals surface area (Å²) < 4.78 is 6.28. The third-order valence-corrected chi connectivity index (χ3v) is 3.73. The molecule has 0 aliphatic carbocycles. The van der Waals surface area contributed by atoms with E-state index in [1.807, 2.05) is 0 Å². The summed E-state index contributed by atoms with van der Waals surface area (Å²) >= 11 is 0. The first-order valence-corrected chi connectivity index (χ1v) is 7.47. The number of aromatic nitrogens is 1. The van der Waals surface area contributed by atoms with Crippen LogP contribution in [0.25, 0.3) is 11.1 Å². The number of nitrogens with zero attached hydrogens (tertiary/aromatic N) is 1. The Hall–Kier alpha value is -3.55. The number of para-hydroxylation sites is 3. The molecule has 8 heteroatoms. The Labute approximate surface area is 141 Å². The third-order valence-electron chi connectivity index (χ3n) is 3.73. The molecule has 0 saturated heterocycles. The fourth-order valence-electron chi connectivity index (χ4n) is 2.42. The Morgan fingerprint density at radius 1 is 1.08 bits per heavy atom. The Bertz CT molecular complexity index is 1000. The minimum Gasteiger partial charge on any atom is -0.507 e. The zero-order valence-corrected chi connectivity index (χ0v) is 13.2. The van der Waals surface area contributed by atoms with Crippen LogP contribution < -0.4 is 16.6 Å². The topological polar surface area (TPSA) is 114 Å². The molecule has 2 amide bonds. The van der Waals surface area contributed by atoms with Gasteiger partial charge in [-0.15, -0.1) is 0 Å². The van der Waals surface area contributed by atoms with Crippen molar-refractivity contribution in [1.82, 2.24) is 15.4 Å². The van der Waals surface area contributed by atoms with E-state index < -0.39 is 23.6 Å². The van der Waals surface area contributed by atoms with Gasteiger partial charge in [-0.1, -0.05) is 24.3 Å². The van der Waals surface area contributed by atoms with Crippen molar-refractivity contribution in [2.45, 2.75) is 13.0 Å². The van der Waals surface area contributed by atoms with Crippen LogP contribution in [-0.4, -0.2) is 21.5 Å². The lowest BCUT2D eigenvalue weighted by Gasteiger charge is -2.14. The molecular formula is C17H15N3O5. The van der Waals surface area contributed by atoms with E-state index in [1.54, 1.807) is 36.4 Å². The highest BCUT2D eigenvalue weighted by Crippen LogP contribution is 2.17. The minimum atomic E-state index is -0.916. The maximum atomic E-state index is 12.3. The minimum absolute atomic E-state index is 0.0152. The van der Waals surface area contributed by atoms with Gasteiger partial charge >= 0.3 is 5.76 Å². The molecule has 0 bridgehead atoms. The molecule has 1 aromatic heterocycles. The van der Waals surface area contributed by atoms with Crippen LogP contribution in [0.1, 0.15) is 23.3 Å². The average Bonchev–Trinajstić information content (AvgIpc) is 2.94. The molecule has 0 spiro atoms. The lowest BCUT2D eigenvalue weighted by molar-refractivity contribution is -0.124. The van der Waals surface area contributed by atoms with Crippen LogP contribution in [0.15, 0.2) is 57.7 Å². The van der Waals surface area contributed by atoms with Crippen LogP contribution in [0.4, 0.5) is 0 Å². The SMILES string of the molecule is CC(C(=O)NNC(=O)c1ccccc1O)n1c(=O)oc2ccccc21. The first-order chi connectivity index (χ1) is 12.0. The van der Waals surface area contributed by atoms with Crippen molar-refractivity contribution >= 4 is 22.9 Å². The number of fused-ring (bicyclic) bond motifs is 1. The largest absolute Gasteiger partial charge is 0.507 e. The van der Waals surface area contributed by atoms with Gasteiger partial charge in [0.1, 0.15) is 11.8 Å². The van der Waals surface area contributed by atoms with Crippen molar-refractivity contribution in [2.24, 2.45) is 0 Å². The normalized spacial score (nSPS) is 11.9. The number of aromatic hydroxyl groups is 1. The molecule has 3 aromatic rings. The number of phenolic OH excluding ortho intramolecular Hbond substituents is 1. The van der Waals surface area contributed by atoms with E-state index in [2.05, 4.69) is 10.9 Å². The van der Waals surface area contributed by atoms with Crippen LogP contribution >= 0.6 is 0 Å². The molecule has 1 heterocycles. The van der Waals surface area contributed by atoms with Gasteiger partial charge in [-0.2, -0.15) is 0 Å². The van der Waals surface area contributed by atoms with E-state index in [4.69, 9.17) is 4.42 Å². The van der Waals surface area contributed by atoms with Crippen molar-refractivity contribution in [3.8, 4) is 5.75 Å². The van der Waals surface area contributed by atoms with Crippen molar-refractivity contribution in [3.63, 3.8) is 0 Å². The number of carbonyl (C=O) groups excluding carboxylic acids is 2. The van der Waals surface area contributed by atoms with Gasteiger partial charge in [-0.05, 0) is 31.2 Å². The number of hydrogen-bond acceptors (Lipinski definition) is 5. The number of rotatable bonds is 3. The highest BCUT2D eigenvalue weighted by molar-refractivity contribution is 5.98. The zero-order chi connectivity index (χ0) is 18.0. The molecule has 8 nitrogen and oxygen atoms in total. The molecule has 3 rings (SSSR count). The number of hydrogen-bond donors (Lipinski definition) is 3. The molecular weight excluding hydrogens is 326 g/mol. The van der Waals surface area contributed by atoms with Crippen LogP contribution in [0.5, 0.6) is 5.75 Å². The lowest BCUT2D eigenvalue weighted by Crippen LogP contribution is -2.45. The summed E-state index contributed by atoms with van der Waals surface area (Å²) in [5.41, 5.74) is 5.30. The summed E-state index contributed by atoms with van der Waals surface area (Å²) in [6, 6.07) is 11.7. The second-order valence-electron chi connectivity index (χ2n) is 5.34. The summed E-state index contributed by atoms with van der Waals surface area (Å²) in [6.45, 7) is 1.50. The Morgan fingerprint density at radius 3 is 2.52 bits per heavy atom. The molecule has 0 aliphatic rings. The van der Waals surface area contributed by atoms with E-state index in [-0.39, 0.29) is 11.3 Å². The Kier molecular flexibility index (Phi) is 4.25. The predicted molar refractivity (Wildman–Crippen MR) is 88.9 cm³/mol. The summed E-state index contributed by atoms with van der Waals surface area (Å²) in [6.07, 6.45) is 0. The molecule has 2 aromatic carbocycles. The van der Waals surface area contributed by atoms with Crippen LogP contribution in [-0.2, 0) is 4.79 Å². The highest BCUT2D eigenvalue weighted by Gasteiger charge is 2.22. The predicted octanol–water partition coefficient (Wildman–Crippen LogP) is 1.32. The quantitative estimate of drug-likeness (QED) is 0.622. The molecule has 0 aliphatic heterocycles. The zero-order valence-electron chi connectivity index (χ0n) is 13.2. The van der Waals surface area contributed by atoms with Gasteiger partial charge in [0, 0.05) is 0 Å². The van der Waals surface area contributed by atoms with Gasteiger partial charge in [-0.25, -0.2) is 4.79 Å². The first-order valence-electron chi connectivity index (χ1n) is 7.47. The van der Waals surface area contributed by atoms with Gasteiger partial charge in [0.05, 0.1) is 11.1 Å². The van der Waals surface area contributed by atoms with Gasteiger partial charge < -0.3 is 9.52 Å². The maximum Gasteiger partial charge on any atom is 0.420 e. The maximum absolute atomic E-state index is 12.3. The number of amides is 2. The second-order valence-corrected chi connectivity index (χ2v) is 5.34. The van der Waals surface area contributed by atoms with Crippen molar-refractivity contribution in [1.29, 1.82) is 0 Å². The van der Waals surface area contributed by atoms with E-state index in [9.17, 15) is 19.5 Å². The Balaban J connectivity index is 1.75. The van der Waals surface area contributed by atoms with Crippen molar-refractivity contribution in [3.05, 3.63) is 64.6 Å². The number of carbonyl (C=O) groups is 2. The molecule has 0 fully saturated rings. The van der Waals surface area contributed by atoms with Gasteiger partial charge in [0.2, 0.25) is 0 Å². The summed E-state index contributed by atoms with van der Waals surface area (Å²) in [7, 11) is 0. The molecule has 1 atom stereocenters. The lowest BCUT2D eigenvalue weighted by atomic mass is 10.2. The van der Waals surface area contributed by atoms with Crippen molar-refractivity contribution in [2.75, 3.05) is 0 Å². The van der Waals surface area contributed by atoms with Crippen LogP contribution in [0.2, 0.25) is 0 Å². The molecule has 0 radical (unpaired) electrons. The van der Waals surface area contributed by atoms with E-state index in [0.29, 0.717) is 11.1 Å². The van der Waals surface area contributed by atoms with E-state index in [0.717, 1.165) is 0 Å². The molecule has 1 unspecified atom stereocenters. The fourth-order valence-corrected chi connectivity index (χ4v) is 2.42. The van der Waals surface area contributed by atoms with E-state index in [1.165, 1.54) is 23.6 Å². The number of hydrazine groups is 1. The molecule has 3 N–H and O–H groups in total. The number of nitrogens with one attached hydrogen (secondary N) is 2. The Morgan fingerprint density at radius 2 is 1.76 bits per heavy atom. The molecule has 25 heavy (non-hydrogen) atoms. The number of oxazole rings is 1. The smallest absolute Gasteiger partial charge is 0.420 e. The monoisotopic (exact) mass is 341 g/mol. The highest BCUT2D eigenvalue weighted by atomic mass is 16.4. The summed E-state index contributed by atoms with van der Waals surface area (Å²) in [4.78, 5) is 36.2. The van der Waals surface area contributed by atoms with Crippen LogP contribution in [0.3, 0.4) is 0 Å². The van der Waals surface area contributed by atoms with Gasteiger partial charge in [0.25, 0.3) is 11.8 Å². The van der Waals surface area contributed by atoms with Crippen molar-refractivity contribution < 1.29 is 19.1 Å². The van der Waals surface area contributed by atoms with Crippen LogP contribution in [0, 0.1) is 0 Å². The summed E-state index contributed by atoms with van der Waals surface area (Å²) in [5.74, 6) is -2.17.